The second kappa shape index (κ2) is 7.34. The fourth-order valence-electron chi connectivity index (χ4n) is 2.03. The number of likely N-dealkylation sites (N-methyl/N-ethyl adjacent to an activating group) is 1. The lowest BCUT2D eigenvalue weighted by Crippen LogP contribution is -2.34. The monoisotopic (exact) mass is 413 g/mol. The van der Waals surface area contributed by atoms with Crippen LogP contribution in [0.2, 0.25) is 0 Å². The maximum Gasteiger partial charge on any atom is 0.252 e. The number of aromatic nitrogens is 1. The molecular weight excluding hydrogens is 398 g/mol. The van der Waals surface area contributed by atoms with Gasteiger partial charge in [-0.15, -0.1) is 34.0 Å². The van der Waals surface area contributed by atoms with E-state index in [-0.39, 0.29) is 10.8 Å². The molecule has 132 valence electrons. The van der Waals surface area contributed by atoms with Crippen LogP contribution in [-0.2, 0) is 14.8 Å². The quantitative estimate of drug-likeness (QED) is 0.671. The van der Waals surface area contributed by atoms with Crippen molar-refractivity contribution in [2.45, 2.75) is 11.1 Å². The molecule has 0 aliphatic heterocycles. The lowest BCUT2D eigenvalue weighted by atomic mass is 10.4. The molecular formula is C15H15N3O3S4. The van der Waals surface area contributed by atoms with Gasteiger partial charge in [-0.3, -0.25) is 4.79 Å². The van der Waals surface area contributed by atoms with Crippen molar-refractivity contribution >= 4 is 55.1 Å². The van der Waals surface area contributed by atoms with Gasteiger partial charge in [0.2, 0.25) is 5.91 Å². The highest BCUT2D eigenvalue weighted by molar-refractivity contribution is 7.91. The summed E-state index contributed by atoms with van der Waals surface area (Å²) in [5.74, 6) is -0.425. The van der Waals surface area contributed by atoms with E-state index in [1.807, 2.05) is 24.4 Å². The van der Waals surface area contributed by atoms with E-state index in [4.69, 9.17) is 0 Å². The minimum Gasteiger partial charge on any atom is -0.301 e. The summed E-state index contributed by atoms with van der Waals surface area (Å²) in [5.41, 5.74) is 0.804. The van der Waals surface area contributed by atoms with Gasteiger partial charge in [0.05, 0.1) is 17.1 Å². The maximum atomic E-state index is 12.3. The van der Waals surface area contributed by atoms with Crippen LogP contribution >= 0.6 is 34.0 Å². The summed E-state index contributed by atoms with van der Waals surface area (Å²) in [4.78, 5) is 18.8. The summed E-state index contributed by atoms with van der Waals surface area (Å²) in [7, 11) is -2.26. The summed E-state index contributed by atoms with van der Waals surface area (Å²) in [6.07, 6.45) is 0. The van der Waals surface area contributed by atoms with Crippen LogP contribution in [0.1, 0.15) is 4.88 Å². The number of carbonyl (C=O) groups excluding carboxylic acids is 1. The molecule has 1 N–H and O–H groups in total. The second-order valence-electron chi connectivity index (χ2n) is 5.19. The van der Waals surface area contributed by atoms with Crippen molar-refractivity contribution in [3.05, 3.63) is 39.9 Å². The fraction of sp³-hybridized carbons (Fsp3) is 0.200. The SMILES string of the molecule is Cc1ccc(-c2csc(NC(=O)CN(C)S(=O)(=O)c3cccs3)n2)s1. The molecule has 0 saturated heterocycles. The summed E-state index contributed by atoms with van der Waals surface area (Å²) in [6.45, 7) is 1.75. The van der Waals surface area contributed by atoms with Gasteiger partial charge in [0, 0.05) is 17.3 Å². The molecule has 6 nitrogen and oxygen atoms in total. The third-order valence-corrected chi connectivity index (χ3v) is 8.23. The van der Waals surface area contributed by atoms with Gasteiger partial charge < -0.3 is 5.32 Å². The second-order valence-corrected chi connectivity index (χ2v) is 10.6. The van der Waals surface area contributed by atoms with E-state index in [0.29, 0.717) is 5.13 Å². The molecule has 0 radical (unpaired) electrons. The Morgan fingerprint density at radius 2 is 2.08 bits per heavy atom. The number of sulfonamides is 1. The molecule has 0 fully saturated rings. The molecule has 25 heavy (non-hydrogen) atoms. The lowest BCUT2D eigenvalue weighted by molar-refractivity contribution is -0.116. The summed E-state index contributed by atoms with van der Waals surface area (Å²) >= 11 is 4.06. The molecule has 1 amide bonds. The van der Waals surface area contributed by atoms with Gasteiger partial charge in [0.25, 0.3) is 10.0 Å². The highest BCUT2D eigenvalue weighted by Gasteiger charge is 2.24. The zero-order valence-corrected chi connectivity index (χ0v) is 16.7. The van der Waals surface area contributed by atoms with Gasteiger partial charge in [-0.05, 0) is 30.5 Å². The van der Waals surface area contributed by atoms with Crippen molar-refractivity contribution in [3.8, 4) is 10.6 Å². The third kappa shape index (κ3) is 4.15. The van der Waals surface area contributed by atoms with Gasteiger partial charge in [0.1, 0.15) is 4.21 Å². The van der Waals surface area contributed by atoms with E-state index >= 15 is 0 Å². The first-order valence-corrected chi connectivity index (χ1v) is 11.2. The summed E-state index contributed by atoms with van der Waals surface area (Å²) < 4.78 is 25.9. The van der Waals surface area contributed by atoms with Crippen LogP contribution in [0.25, 0.3) is 10.6 Å². The van der Waals surface area contributed by atoms with Crippen LogP contribution in [0.5, 0.6) is 0 Å². The van der Waals surface area contributed by atoms with E-state index in [1.54, 1.807) is 22.8 Å². The van der Waals surface area contributed by atoms with Crippen molar-refractivity contribution in [1.82, 2.24) is 9.29 Å². The minimum atomic E-state index is -3.64. The average Bonchev–Trinajstić information content (AvgIpc) is 3.27. The molecule has 0 saturated carbocycles. The summed E-state index contributed by atoms with van der Waals surface area (Å²) in [5, 5.41) is 6.66. The smallest absolute Gasteiger partial charge is 0.252 e. The topological polar surface area (TPSA) is 79.4 Å². The molecule has 3 heterocycles. The Morgan fingerprint density at radius 3 is 2.72 bits per heavy atom. The minimum absolute atomic E-state index is 0.215. The molecule has 10 heteroatoms. The molecule has 0 aromatic carbocycles. The Bertz CT molecular complexity index is 974. The predicted molar refractivity (Wildman–Crippen MR) is 103 cm³/mol. The molecule has 3 aromatic rings. The van der Waals surface area contributed by atoms with Gasteiger partial charge in [-0.1, -0.05) is 6.07 Å². The van der Waals surface area contributed by atoms with Gasteiger partial charge in [-0.2, -0.15) is 4.31 Å². The van der Waals surface area contributed by atoms with E-state index in [2.05, 4.69) is 10.3 Å². The first-order valence-electron chi connectivity index (χ1n) is 7.18. The van der Waals surface area contributed by atoms with Crippen LogP contribution in [-0.4, -0.2) is 37.2 Å². The third-order valence-electron chi connectivity index (χ3n) is 3.27. The first kappa shape index (κ1) is 18.2. The number of thiazole rings is 1. The molecule has 3 rings (SSSR count). The number of hydrogen-bond acceptors (Lipinski definition) is 7. The van der Waals surface area contributed by atoms with Crippen LogP contribution in [0.3, 0.4) is 0 Å². The Kier molecular flexibility index (Phi) is 5.35. The standard InChI is InChI=1S/C15H15N3O3S4/c1-10-5-6-12(24-10)11-9-23-15(16-11)17-13(19)8-18(2)25(20,21)14-4-3-7-22-14/h3-7,9H,8H2,1-2H3,(H,16,17,19). The van der Waals surface area contributed by atoms with E-state index in [1.165, 1.54) is 29.3 Å². The molecule has 0 spiro atoms. The number of thiophene rings is 2. The number of nitrogens with zero attached hydrogens (tertiary/aromatic N) is 2. The highest BCUT2D eigenvalue weighted by atomic mass is 32.2. The van der Waals surface area contributed by atoms with Gasteiger partial charge >= 0.3 is 0 Å². The van der Waals surface area contributed by atoms with Crippen molar-refractivity contribution in [3.63, 3.8) is 0 Å². The molecule has 0 atom stereocenters. The maximum absolute atomic E-state index is 12.3. The van der Waals surface area contributed by atoms with E-state index in [9.17, 15) is 13.2 Å². The van der Waals surface area contributed by atoms with Gasteiger partial charge in [0.15, 0.2) is 5.13 Å². The Labute approximate surface area is 157 Å². The van der Waals surface area contributed by atoms with Crippen LogP contribution in [0.4, 0.5) is 5.13 Å². The number of hydrogen-bond donors (Lipinski definition) is 1. The number of nitrogens with one attached hydrogen (secondary N) is 1. The highest BCUT2D eigenvalue weighted by Crippen LogP contribution is 2.30. The van der Waals surface area contributed by atoms with E-state index in [0.717, 1.165) is 26.2 Å². The first-order chi connectivity index (χ1) is 11.9. The largest absolute Gasteiger partial charge is 0.301 e. The predicted octanol–water partition coefficient (Wildman–Crippen LogP) is 3.50. The Hall–Kier alpha value is -1.59. The molecule has 0 bridgehead atoms. The number of aryl methyl sites for hydroxylation is 1. The molecule has 0 aliphatic carbocycles. The lowest BCUT2D eigenvalue weighted by Gasteiger charge is -2.14. The molecule has 0 unspecified atom stereocenters. The fourth-order valence-corrected chi connectivity index (χ4v) is 5.98. The number of amides is 1. The van der Waals surface area contributed by atoms with Gasteiger partial charge in [-0.25, -0.2) is 13.4 Å². The zero-order valence-electron chi connectivity index (χ0n) is 13.4. The Morgan fingerprint density at radius 1 is 1.28 bits per heavy atom. The molecule has 0 aliphatic rings. The van der Waals surface area contributed by atoms with E-state index < -0.39 is 15.9 Å². The van der Waals surface area contributed by atoms with Crippen molar-refractivity contribution in [2.24, 2.45) is 0 Å². The normalized spacial score (nSPS) is 11.8. The zero-order chi connectivity index (χ0) is 18.0. The number of carbonyl (C=O) groups is 1. The van der Waals surface area contributed by atoms with Crippen molar-refractivity contribution in [2.75, 3.05) is 18.9 Å². The average molecular weight is 414 g/mol. The van der Waals surface area contributed by atoms with Crippen molar-refractivity contribution in [1.29, 1.82) is 0 Å². The summed E-state index contributed by atoms with van der Waals surface area (Å²) in [6, 6.07) is 7.18. The number of anilines is 1. The van der Waals surface area contributed by atoms with Crippen LogP contribution in [0, 0.1) is 6.92 Å². The molecule has 3 aromatic heterocycles. The van der Waals surface area contributed by atoms with Crippen LogP contribution in [0.15, 0.2) is 39.2 Å². The number of rotatable bonds is 6. The van der Waals surface area contributed by atoms with Crippen molar-refractivity contribution < 1.29 is 13.2 Å². The Balaban J connectivity index is 1.64. The van der Waals surface area contributed by atoms with Crippen LogP contribution < -0.4 is 5.32 Å².